The summed E-state index contributed by atoms with van der Waals surface area (Å²) in [6.07, 6.45) is 2.22. The first-order chi connectivity index (χ1) is 8.75. The topological polar surface area (TPSA) is 89.3 Å². The van der Waals surface area contributed by atoms with Crippen molar-refractivity contribution in [3.05, 3.63) is 34.1 Å². The van der Waals surface area contributed by atoms with E-state index in [0.29, 0.717) is 12.8 Å². The second-order valence-corrected chi connectivity index (χ2v) is 6.51. The van der Waals surface area contributed by atoms with Gasteiger partial charge in [-0.3, -0.25) is 10.1 Å². The van der Waals surface area contributed by atoms with Crippen molar-refractivity contribution >= 4 is 15.7 Å². The van der Waals surface area contributed by atoms with Gasteiger partial charge in [0.1, 0.15) is 0 Å². The lowest BCUT2D eigenvalue weighted by molar-refractivity contribution is -0.390. The van der Waals surface area contributed by atoms with Gasteiger partial charge in [-0.05, 0) is 38.3 Å². The summed E-state index contributed by atoms with van der Waals surface area (Å²) in [4.78, 5) is 9.16. The van der Waals surface area contributed by atoms with Gasteiger partial charge in [0.25, 0.3) is 0 Å². The second kappa shape index (κ2) is 4.53. The minimum absolute atomic E-state index is 0.598. The second-order valence-electron chi connectivity index (χ2n) is 4.86. The third-order valence-corrected chi connectivity index (χ3v) is 4.93. The van der Waals surface area contributed by atoms with Gasteiger partial charge < -0.3 is 0 Å². The average Bonchev–Trinajstić information content (AvgIpc) is 2.25. The predicted molar refractivity (Wildman–Crippen MR) is 65.6 cm³/mol. The number of nitrogens with zero attached hydrogens (tertiary/aromatic N) is 1. The number of rotatable bonds is 4. The molecule has 0 amide bonds. The highest BCUT2D eigenvalue weighted by atomic mass is 32.2. The van der Waals surface area contributed by atoms with E-state index >= 15 is 0 Å². The van der Waals surface area contributed by atoms with E-state index in [-0.39, 0.29) is 0 Å². The molecule has 0 unspecified atom stereocenters. The predicted octanol–water partition coefficient (Wildman–Crippen LogP) is 1.95. The van der Waals surface area contributed by atoms with Crippen LogP contribution in [0.4, 0.5) is 10.1 Å². The van der Waals surface area contributed by atoms with E-state index in [1.54, 1.807) is 6.92 Å². The van der Waals surface area contributed by atoms with Crippen molar-refractivity contribution in [2.45, 2.75) is 36.6 Å². The van der Waals surface area contributed by atoms with E-state index in [2.05, 4.69) is 4.72 Å². The largest absolute Gasteiger partial charge is 0.324 e. The molecule has 0 spiro atoms. The third kappa shape index (κ3) is 2.59. The fourth-order valence-electron chi connectivity index (χ4n) is 2.08. The molecule has 6 nitrogen and oxygen atoms in total. The van der Waals surface area contributed by atoms with Crippen LogP contribution in [0, 0.1) is 15.9 Å². The molecule has 8 heteroatoms. The summed E-state index contributed by atoms with van der Waals surface area (Å²) in [6, 6.07) is 3.04. The van der Waals surface area contributed by atoms with Crippen molar-refractivity contribution < 1.29 is 17.7 Å². The molecule has 0 radical (unpaired) electrons. The number of nitro groups is 1. The summed E-state index contributed by atoms with van der Waals surface area (Å²) in [5.41, 5.74) is -1.61. The highest BCUT2D eigenvalue weighted by Crippen LogP contribution is 2.34. The number of nitrogens with one attached hydrogen (secondary N) is 1. The summed E-state index contributed by atoms with van der Waals surface area (Å²) < 4.78 is 40.1. The van der Waals surface area contributed by atoms with Crippen LogP contribution in [0.5, 0.6) is 0 Å². The summed E-state index contributed by atoms with van der Waals surface area (Å²) in [5, 5.41) is 10.8. The van der Waals surface area contributed by atoms with Gasteiger partial charge in [-0.2, -0.15) is 4.39 Å². The number of benzene rings is 1. The van der Waals surface area contributed by atoms with Crippen molar-refractivity contribution in [1.29, 1.82) is 0 Å². The zero-order valence-corrected chi connectivity index (χ0v) is 11.0. The molecule has 0 heterocycles. The molecule has 19 heavy (non-hydrogen) atoms. The van der Waals surface area contributed by atoms with Gasteiger partial charge in [0.2, 0.25) is 15.8 Å². The van der Waals surface area contributed by atoms with E-state index in [4.69, 9.17) is 0 Å². The standard InChI is InChI=1S/C11H13FN2O4S/c1-11(6-3-7-11)13-19(17,18)9-5-2-4-8(12)10(9)14(15)16/h2,4-5,13H,3,6-7H2,1H3. The molecule has 1 saturated carbocycles. The number of para-hydroxylation sites is 1. The molecule has 0 aliphatic heterocycles. The zero-order valence-electron chi connectivity index (χ0n) is 10.2. The molecule has 0 aromatic heterocycles. The SMILES string of the molecule is CC1(NS(=O)(=O)c2cccc(F)c2[N+](=O)[O-])CCC1. The highest BCUT2D eigenvalue weighted by molar-refractivity contribution is 7.89. The Kier molecular flexibility index (Phi) is 3.31. The lowest BCUT2D eigenvalue weighted by Crippen LogP contribution is -2.50. The fraction of sp³-hybridized carbons (Fsp3) is 0.455. The van der Waals surface area contributed by atoms with Gasteiger partial charge in [-0.1, -0.05) is 6.07 Å². The highest BCUT2D eigenvalue weighted by Gasteiger charge is 2.39. The van der Waals surface area contributed by atoms with E-state index in [1.807, 2.05) is 0 Å². The Morgan fingerprint density at radius 2 is 2.05 bits per heavy atom. The molecular weight excluding hydrogens is 275 g/mol. The fourth-order valence-corrected chi connectivity index (χ4v) is 3.73. The normalized spacial score (nSPS) is 17.8. The Morgan fingerprint density at radius 1 is 1.42 bits per heavy atom. The van der Waals surface area contributed by atoms with Crippen molar-refractivity contribution in [3.8, 4) is 0 Å². The number of sulfonamides is 1. The van der Waals surface area contributed by atoms with Crippen LogP contribution >= 0.6 is 0 Å². The zero-order chi connectivity index (χ0) is 14.3. The molecule has 1 aliphatic carbocycles. The molecule has 0 saturated heterocycles. The monoisotopic (exact) mass is 288 g/mol. The molecule has 2 rings (SSSR count). The van der Waals surface area contributed by atoms with Crippen LogP contribution in [-0.2, 0) is 10.0 Å². The molecule has 1 aromatic rings. The molecule has 1 N–H and O–H groups in total. The molecule has 0 atom stereocenters. The van der Waals surface area contributed by atoms with E-state index < -0.39 is 36.9 Å². The number of halogens is 1. The van der Waals surface area contributed by atoms with Gasteiger partial charge in [0.05, 0.1) is 4.92 Å². The third-order valence-electron chi connectivity index (χ3n) is 3.26. The van der Waals surface area contributed by atoms with Crippen LogP contribution in [-0.4, -0.2) is 18.9 Å². The van der Waals surface area contributed by atoms with Crippen LogP contribution < -0.4 is 4.72 Å². The Morgan fingerprint density at radius 3 is 2.53 bits per heavy atom. The molecule has 104 valence electrons. The van der Waals surface area contributed by atoms with Crippen LogP contribution in [0.3, 0.4) is 0 Å². The van der Waals surface area contributed by atoms with Gasteiger partial charge >= 0.3 is 5.69 Å². The summed E-state index contributed by atoms with van der Waals surface area (Å²) in [6.45, 7) is 1.72. The maximum absolute atomic E-state index is 13.4. The van der Waals surface area contributed by atoms with E-state index in [0.717, 1.165) is 24.6 Å². The van der Waals surface area contributed by atoms with Crippen LogP contribution in [0.15, 0.2) is 23.1 Å². The molecule has 1 aliphatic rings. The Bertz CT molecular complexity index is 626. The minimum atomic E-state index is -4.11. The minimum Gasteiger partial charge on any atom is -0.258 e. The molecular formula is C11H13FN2O4S. The van der Waals surface area contributed by atoms with Gasteiger partial charge in [0.15, 0.2) is 4.90 Å². The smallest absolute Gasteiger partial charge is 0.258 e. The summed E-state index contributed by atoms with van der Waals surface area (Å²) in [7, 11) is -4.11. The Balaban J connectivity index is 2.46. The molecule has 1 fully saturated rings. The lowest BCUT2D eigenvalue weighted by Gasteiger charge is -2.38. The quantitative estimate of drug-likeness (QED) is 0.677. The maximum atomic E-state index is 13.4. The van der Waals surface area contributed by atoms with Gasteiger partial charge in [0, 0.05) is 5.54 Å². The lowest BCUT2D eigenvalue weighted by atomic mass is 9.80. The molecule has 0 bridgehead atoms. The Labute approximate surface area is 109 Å². The first kappa shape index (κ1) is 13.9. The van der Waals surface area contributed by atoms with Gasteiger partial charge in [-0.15, -0.1) is 0 Å². The first-order valence-corrected chi connectivity index (χ1v) is 7.20. The van der Waals surface area contributed by atoms with Crippen molar-refractivity contribution in [3.63, 3.8) is 0 Å². The first-order valence-electron chi connectivity index (χ1n) is 5.72. The van der Waals surface area contributed by atoms with Crippen LogP contribution in [0.2, 0.25) is 0 Å². The van der Waals surface area contributed by atoms with Crippen molar-refractivity contribution in [1.82, 2.24) is 4.72 Å². The summed E-state index contributed by atoms with van der Waals surface area (Å²) >= 11 is 0. The number of nitro benzene ring substituents is 1. The number of hydrogen-bond donors (Lipinski definition) is 1. The summed E-state index contributed by atoms with van der Waals surface area (Å²) in [5.74, 6) is -1.16. The van der Waals surface area contributed by atoms with E-state index in [1.165, 1.54) is 0 Å². The van der Waals surface area contributed by atoms with Crippen LogP contribution in [0.1, 0.15) is 26.2 Å². The van der Waals surface area contributed by atoms with Gasteiger partial charge in [-0.25, -0.2) is 13.1 Å². The van der Waals surface area contributed by atoms with Crippen molar-refractivity contribution in [2.24, 2.45) is 0 Å². The van der Waals surface area contributed by atoms with E-state index in [9.17, 15) is 22.9 Å². The Hall–Kier alpha value is -1.54. The average molecular weight is 288 g/mol. The molecule has 1 aromatic carbocycles. The number of hydrogen-bond acceptors (Lipinski definition) is 4. The van der Waals surface area contributed by atoms with Crippen molar-refractivity contribution in [2.75, 3.05) is 0 Å². The van der Waals surface area contributed by atoms with Crippen LogP contribution in [0.25, 0.3) is 0 Å². The maximum Gasteiger partial charge on any atom is 0.324 e.